The first kappa shape index (κ1) is 27.4. The third-order valence-corrected chi connectivity index (χ3v) is 6.93. The van der Waals surface area contributed by atoms with Crippen molar-refractivity contribution in [1.82, 2.24) is 0 Å². The van der Waals surface area contributed by atoms with E-state index in [0.717, 1.165) is 6.08 Å². The van der Waals surface area contributed by atoms with E-state index < -0.39 is 85.8 Å². The Kier molecular flexibility index (Phi) is 8.18. The molecule has 2 heterocycles. The Morgan fingerprint density at radius 2 is 1.73 bits per heavy atom. The van der Waals surface area contributed by atoms with Crippen LogP contribution in [0.5, 0.6) is 5.75 Å². The molecule has 1 aromatic carbocycles. The maximum Gasteiger partial charge on any atom is 0.331 e. The number of aromatic hydroxyl groups is 1. The summed E-state index contributed by atoms with van der Waals surface area (Å²) in [7, 11) is 0. The van der Waals surface area contributed by atoms with E-state index in [4.69, 9.17) is 18.9 Å². The van der Waals surface area contributed by atoms with Crippen molar-refractivity contribution in [3.8, 4) is 5.75 Å². The lowest BCUT2D eigenvalue weighted by molar-refractivity contribution is -0.348. The van der Waals surface area contributed by atoms with E-state index in [0.29, 0.717) is 5.56 Å². The molecule has 0 radical (unpaired) electrons. The number of fused-ring (bicyclic) bond motifs is 1. The summed E-state index contributed by atoms with van der Waals surface area (Å²) < 4.78 is 21.8. The molecule has 0 unspecified atom stereocenters. The first-order valence-electron chi connectivity index (χ1n) is 11.6. The lowest BCUT2D eigenvalue weighted by atomic mass is 9.83. The van der Waals surface area contributed by atoms with Gasteiger partial charge in [0.25, 0.3) is 0 Å². The van der Waals surface area contributed by atoms with Crippen LogP contribution in [0.2, 0.25) is 0 Å². The molecule has 2 fully saturated rings. The molecule has 2 aliphatic heterocycles. The van der Waals surface area contributed by atoms with E-state index >= 15 is 0 Å². The average Bonchev–Trinajstić information content (AvgIpc) is 3.11. The zero-order valence-electron chi connectivity index (χ0n) is 19.4. The van der Waals surface area contributed by atoms with Crippen molar-refractivity contribution < 1.29 is 64.6 Å². The van der Waals surface area contributed by atoms with Crippen molar-refractivity contribution in [1.29, 1.82) is 0 Å². The molecule has 0 aromatic heterocycles. The standard InChI is InChI=1S/C24H30O13/c25-9-14-17(29)18(30)19(31)23(35-14)37-22-16-13(7-8-34-22)20(21(32)24(16,33)10-26)36-15(28)6-3-11-1-4-12(27)5-2-11/h1-8,13-14,16-23,25-27,29-33H,9-10H2/t13-,14-,16-,17-,18+,19-,20+,21-,22+,23+,24-/m1/s1. The Hall–Kier alpha value is -2.59. The van der Waals surface area contributed by atoms with E-state index in [1.165, 1.54) is 30.5 Å². The smallest absolute Gasteiger partial charge is 0.331 e. The van der Waals surface area contributed by atoms with Crippen LogP contribution >= 0.6 is 0 Å². The molecular formula is C24H30O13. The molecule has 37 heavy (non-hydrogen) atoms. The number of ether oxygens (including phenoxy) is 4. The number of aliphatic hydroxyl groups excluding tert-OH is 6. The van der Waals surface area contributed by atoms with Crippen LogP contribution in [0.15, 0.2) is 42.7 Å². The minimum Gasteiger partial charge on any atom is -0.508 e. The predicted octanol–water partition coefficient (Wildman–Crippen LogP) is -2.67. The fourth-order valence-corrected chi connectivity index (χ4v) is 4.87. The van der Waals surface area contributed by atoms with Gasteiger partial charge in [-0.15, -0.1) is 0 Å². The van der Waals surface area contributed by atoms with Gasteiger partial charge in [0.15, 0.2) is 6.29 Å². The zero-order valence-corrected chi connectivity index (χ0v) is 19.4. The maximum atomic E-state index is 12.5. The van der Waals surface area contributed by atoms with Gasteiger partial charge in [-0.2, -0.15) is 0 Å². The number of carbonyl (C=O) groups excluding carboxylic acids is 1. The van der Waals surface area contributed by atoms with Crippen LogP contribution in [0.25, 0.3) is 6.08 Å². The zero-order chi connectivity index (χ0) is 26.9. The molecule has 204 valence electrons. The molecule has 13 nitrogen and oxygen atoms in total. The Morgan fingerprint density at radius 3 is 2.38 bits per heavy atom. The molecule has 1 aromatic rings. The number of hydrogen-bond donors (Lipinski definition) is 8. The maximum absolute atomic E-state index is 12.5. The lowest BCUT2D eigenvalue weighted by Crippen LogP contribution is -2.61. The third-order valence-electron chi connectivity index (χ3n) is 6.93. The minimum absolute atomic E-state index is 0.0509. The van der Waals surface area contributed by atoms with Crippen molar-refractivity contribution in [2.45, 2.75) is 54.8 Å². The van der Waals surface area contributed by atoms with Gasteiger partial charge in [-0.25, -0.2) is 4.79 Å². The van der Waals surface area contributed by atoms with Crippen LogP contribution in [0, 0.1) is 11.8 Å². The summed E-state index contributed by atoms with van der Waals surface area (Å²) in [5, 5.41) is 81.1. The second-order valence-electron chi connectivity index (χ2n) is 9.19. The highest BCUT2D eigenvalue weighted by Crippen LogP contribution is 2.48. The number of phenolic OH excluding ortho intramolecular Hbond substituents is 1. The van der Waals surface area contributed by atoms with Crippen LogP contribution in [0.3, 0.4) is 0 Å². The van der Waals surface area contributed by atoms with Gasteiger partial charge in [0.05, 0.1) is 25.4 Å². The van der Waals surface area contributed by atoms with E-state index in [-0.39, 0.29) is 5.75 Å². The van der Waals surface area contributed by atoms with E-state index in [1.54, 1.807) is 12.1 Å². The molecule has 4 rings (SSSR count). The topological polar surface area (TPSA) is 216 Å². The summed E-state index contributed by atoms with van der Waals surface area (Å²) >= 11 is 0. The molecule has 0 spiro atoms. The third kappa shape index (κ3) is 5.23. The molecule has 1 saturated carbocycles. The summed E-state index contributed by atoms with van der Waals surface area (Å²) in [6, 6.07) is 5.98. The lowest BCUT2D eigenvalue weighted by Gasteiger charge is -2.43. The average molecular weight is 526 g/mol. The van der Waals surface area contributed by atoms with Crippen LogP contribution in [0.4, 0.5) is 0 Å². The highest BCUT2D eigenvalue weighted by Gasteiger charge is 2.65. The van der Waals surface area contributed by atoms with Gasteiger partial charge in [0.2, 0.25) is 6.29 Å². The second kappa shape index (κ2) is 11.0. The number of carbonyl (C=O) groups is 1. The molecule has 1 aliphatic carbocycles. The summed E-state index contributed by atoms with van der Waals surface area (Å²) in [4.78, 5) is 12.5. The normalized spacial score (nSPS) is 41.4. The number of aliphatic hydroxyl groups is 7. The number of rotatable bonds is 7. The SMILES string of the molecule is O=C(C=Cc1ccc(O)cc1)O[C@H]1[C@@H]2C=CO[C@@H](O[C@@H]3O[C@H](CO)[C@@H](O)[C@H](O)[C@H]3O)[C@@H]2[C@](O)(CO)[C@@H]1O. The predicted molar refractivity (Wildman–Crippen MR) is 121 cm³/mol. The molecule has 11 atom stereocenters. The molecular weight excluding hydrogens is 496 g/mol. The van der Waals surface area contributed by atoms with Gasteiger partial charge in [-0.05, 0) is 29.8 Å². The van der Waals surface area contributed by atoms with Crippen molar-refractivity contribution in [3.63, 3.8) is 0 Å². The van der Waals surface area contributed by atoms with Crippen LogP contribution < -0.4 is 0 Å². The molecule has 3 aliphatic rings. The van der Waals surface area contributed by atoms with E-state index in [9.17, 15) is 45.6 Å². The summed E-state index contributed by atoms with van der Waals surface area (Å²) in [5.41, 5.74) is -1.69. The molecule has 8 N–H and O–H groups in total. The second-order valence-corrected chi connectivity index (χ2v) is 9.19. The number of hydrogen-bond acceptors (Lipinski definition) is 13. The summed E-state index contributed by atoms with van der Waals surface area (Å²) in [6.45, 7) is -1.67. The Labute approximate surface area is 211 Å². The Balaban J connectivity index is 1.51. The molecule has 13 heteroatoms. The van der Waals surface area contributed by atoms with Gasteiger partial charge in [-0.3, -0.25) is 0 Å². The molecule has 1 saturated heterocycles. The first-order chi connectivity index (χ1) is 17.6. The summed E-state index contributed by atoms with van der Waals surface area (Å²) in [6.07, 6.45) is -7.50. The van der Waals surface area contributed by atoms with E-state index in [1.807, 2.05) is 0 Å². The van der Waals surface area contributed by atoms with Gasteiger partial charge in [0.1, 0.15) is 48.0 Å². The van der Waals surface area contributed by atoms with Crippen molar-refractivity contribution in [3.05, 3.63) is 48.2 Å². The highest BCUT2D eigenvalue weighted by molar-refractivity contribution is 5.87. The largest absolute Gasteiger partial charge is 0.508 e. The van der Waals surface area contributed by atoms with Crippen LogP contribution in [-0.4, -0.2) is 115 Å². The Morgan fingerprint density at radius 1 is 1.03 bits per heavy atom. The molecule has 0 bridgehead atoms. The van der Waals surface area contributed by atoms with Gasteiger partial charge < -0.3 is 59.8 Å². The minimum atomic E-state index is -2.28. The quantitative estimate of drug-likeness (QED) is 0.135. The van der Waals surface area contributed by atoms with Gasteiger partial charge >= 0.3 is 5.97 Å². The number of phenols is 1. The van der Waals surface area contributed by atoms with Crippen LogP contribution in [0.1, 0.15) is 5.56 Å². The monoisotopic (exact) mass is 526 g/mol. The fourth-order valence-electron chi connectivity index (χ4n) is 4.87. The van der Waals surface area contributed by atoms with E-state index in [2.05, 4.69) is 0 Å². The first-order valence-corrected chi connectivity index (χ1v) is 11.6. The van der Waals surface area contributed by atoms with Gasteiger partial charge in [0, 0.05) is 12.0 Å². The van der Waals surface area contributed by atoms with Gasteiger partial charge in [-0.1, -0.05) is 12.1 Å². The number of esters is 1. The van der Waals surface area contributed by atoms with Crippen LogP contribution in [-0.2, 0) is 23.7 Å². The number of benzene rings is 1. The summed E-state index contributed by atoms with van der Waals surface area (Å²) in [5.74, 6) is -2.95. The fraction of sp³-hybridized carbons (Fsp3) is 0.542. The Bertz CT molecular complexity index is 995. The van der Waals surface area contributed by atoms with Crippen molar-refractivity contribution >= 4 is 12.0 Å². The van der Waals surface area contributed by atoms with Crippen molar-refractivity contribution in [2.75, 3.05) is 13.2 Å². The highest BCUT2D eigenvalue weighted by atomic mass is 16.8. The van der Waals surface area contributed by atoms with Crippen molar-refractivity contribution in [2.24, 2.45) is 11.8 Å². The molecule has 0 amide bonds.